The Labute approximate surface area is 143 Å². The fourth-order valence-electron chi connectivity index (χ4n) is 1.77. The summed E-state index contributed by atoms with van der Waals surface area (Å²) in [5.74, 6) is -0.538. The molecule has 0 aliphatic carbocycles. The SMILES string of the molecule is Cn1nc(Cl)c(C(=O)C(C#N)=C2NC(C(C)(C)C)=CS2)c1Cl. The molecule has 116 valence electrons. The van der Waals surface area contributed by atoms with E-state index in [0.29, 0.717) is 5.03 Å². The number of nitriles is 1. The van der Waals surface area contributed by atoms with Gasteiger partial charge in [-0.3, -0.25) is 9.48 Å². The number of nitrogens with zero attached hydrogens (tertiary/aromatic N) is 3. The molecule has 0 atom stereocenters. The molecule has 0 aromatic carbocycles. The van der Waals surface area contributed by atoms with Gasteiger partial charge < -0.3 is 5.32 Å². The molecule has 0 saturated heterocycles. The van der Waals surface area contributed by atoms with Crippen LogP contribution < -0.4 is 5.32 Å². The average molecular weight is 357 g/mol. The Hall–Kier alpha value is -1.42. The molecule has 0 unspecified atom stereocenters. The minimum Gasteiger partial charge on any atom is -0.351 e. The van der Waals surface area contributed by atoms with E-state index in [2.05, 4.69) is 10.4 Å². The summed E-state index contributed by atoms with van der Waals surface area (Å²) in [4.78, 5) is 12.6. The molecule has 0 radical (unpaired) electrons. The van der Waals surface area contributed by atoms with E-state index in [9.17, 15) is 10.1 Å². The van der Waals surface area contributed by atoms with Crippen LogP contribution in [0.1, 0.15) is 31.1 Å². The van der Waals surface area contributed by atoms with E-state index in [1.54, 1.807) is 7.05 Å². The Morgan fingerprint density at radius 3 is 2.50 bits per heavy atom. The largest absolute Gasteiger partial charge is 0.351 e. The van der Waals surface area contributed by atoms with Gasteiger partial charge in [0, 0.05) is 18.2 Å². The van der Waals surface area contributed by atoms with Gasteiger partial charge >= 0.3 is 0 Å². The zero-order valence-electron chi connectivity index (χ0n) is 12.5. The monoisotopic (exact) mass is 356 g/mol. The van der Waals surface area contributed by atoms with Crippen LogP contribution in [0.15, 0.2) is 21.7 Å². The first-order valence-electron chi connectivity index (χ1n) is 6.38. The number of aryl methyl sites for hydroxylation is 1. The van der Waals surface area contributed by atoms with Gasteiger partial charge in [0.05, 0.1) is 10.6 Å². The third-order valence-electron chi connectivity index (χ3n) is 3.08. The highest BCUT2D eigenvalue weighted by Crippen LogP contribution is 2.37. The Balaban J connectivity index is 2.41. The van der Waals surface area contributed by atoms with Crippen molar-refractivity contribution in [2.45, 2.75) is 20.8 Å². The number of thioether (sulfide) groups is 1. The number of nitrogens with one attached hydrogen (secondary N) is 1. The minimum absolute atomic E-state index is 0.0159. The summed E-state index contributed by atoms with van der Waals surface area (Å²) in [6.07, 6.45) is 0. The minimum atomic E-state index is -0.538. The summed E-state index contributed by atoms with van der Waals surface area (Å²) in [6.45, 7) is 6.12. The number of carbonyl (C=O) groups is 1. The zero-order valence-corrected chi connectivity index (χ0v) is 14.8. The van der Waals surface area contributed by atoms with Gasteiger partial charge in [-0.15, -0.1) is 0 Å². The lowest BCUT2D eigenvalue weighted by Gasteiger charge is -2.20. The molecular formula is C14H14Cl2N4OS. The number of ketones is 1. The van der Waals surface area contributed by atoms with E-state index in [1.807, 2.05) is 32.2 Å². The molecule has 1 N–H and O–H groups in total. The van der Waals surface area contributed by atoms with Crippen LogP contribution >= 0.6 is 35.0 Å². The first kappa shape index (κ1) is 16.9. The number of hydrogen-bond donors (Lipinski definition) is 1. The van der Waals surface area contributed by atoms with Crippen molar-refractivity contribution in [2.24, 2.45) is 12.5 Å². The summed E-state index contributed by atoms with van der Waals surface area (Å²) in [5.41, 5.74) is 0.845. The fraction of sp³-hybridized carbons (Fsp3) is 0.357. The van der Waals surface area contributed by atoms with Crippen molar-refractivity contribution >= 4 is 40.7 Å². The first-order chi connectivity index (χ1) is 10.2. The topological polar surface area (TPSA) is 70.7 Å². The Morgan fingerprint density at radius 2 is 2.09 bits per heavy atom. The fourth-order valence-corrected chi connectivity index (χ4v) is 3.40. The molecule has 0 bridgehead atoms. The zero-order chi connectivity index (χ0) is 16.7. The molecule has 22 heavy (non-hydrogen) atoms. The van der Waals surface area contributed by atoms with Gasteiger partial charge in [0.15, 0.2) is 5.15 Å². The number of allylic oxidation sites excluding steroid dienone is 2. The predicted molar refractivity (Wildman–Crippen MR) is 88.5 cm³/mol. The van der Waals surface area contributed by atoms with Crippen molar-refractivity contribution in [2.75, 3.05) is 0 Å². The molecule has 2 heterocycles. The number of halogens is 2. The van der Waals surface area contributed by atoms with Gasteiger partial charge in [0.2, 0.25) is 5.78 Å². The van der Waals surface area contributed by atoms with Gasteiger partial charge in [-0.1, -0.05) is 55.7 Å². The standard InChI is InChI=1S/C14H14Cl2N4OS/c1-14(2,3)8-6-22-13(18-8)7(5-17)10(21)9-11(15)19-20(4)12(9)16/h6,18H,1-4H3. The molecule has 1 aromatic heterocycles. The number of carbonyl (C=O) groups excluding carboxylic acids is 1. The third-order valence-corrected chi connectivity index (χ3v) is 4.67. The van der Waals surface area contributed by atoms with Crippen molar-refractivity contribution in [3.05, 3.63) is 37.6 Å². The highest BCUT2D eigenvalue weighted by molar-refractivity contribution is 8.06. The molecule has 1 aliphatic rings. The highest BCUT2D eigenvalue weighted by atomic mass is 35.5. The van der Waals surface area contributed by atoms with Gasteiger partial charge in [-0.2, -0.15) is 10.4 Å². The van der Waals surface area contributed by atoms with Crippen molar-refractivity contribution in [1.82, 2.24) is 15.1 Å². The van der Waals surface area contributed by atoms with E-state index in [1.165, 1.54) is 16.4 Å². The maximum Gasteiger partial charge on any atom is 0.212 e. The second-order valence-electron chi connectivity index (χ2n) is 5.75. The molecule has 0 amide bonds. The number of hydrogen-bond acceptors (Lipinski definition) is 5. The van der Waals surface area contributed by atoms with Gasteiger partial charge in [0.1, 0.15) is 16.8 Å². The second-order valence-corrected chi connectivity index (χ2v) is 7.35. The van der Waals surface area contributed by atoms with Crippen LogP contribution in [-0.4, -0.2) is 15.6 Å². The quantitative estimate of drug-likeness (QED) is 0.494. The molecule has 2 rings (SSSR count). The van der Waals surface area contributed by atoms with Crippen LogP contribution in [0.5, 0.6) is 0 Å². The number of aromatic nitrogens is 2. The van der Waals surface area contributed by atoms with E-state index in [-0.39, 0.29) is 26.9 Å². The first-order valence-corrected chi connectivity index (χ1v) is 8.01. The van der Waals surface area contributed by atoms with Crippen LogP contribution in [0.4, 0.5) is 0 Å². The Kier molecular flexibility index (Phi) is 4.62. The van der Waals surface area contributed by atoms with Gasteiger partial charge in [-0.05, 0) is 5.41 Å². The lowest BCUT2D eigenvalue weighted by atomic mass is 9.93. The van der Waals surface area contributed by atoms with E-state index < -0.39 is 5.78 Å². The van der Waals surface area contributed by atoms with Gasteiger partial charge in [0.25, 0.3) is 0 Å². The molecule has 5 nitrogen and oxygen atoms in total. The summed E-state index contributed by atoms with van der Waals surface area (Å²) in [6, 6.07) is 1.94. The van der Waals surface area contributed by atoms with Crippen LogP contribution in [0, 0.1) is 16.7 Å². The molecule has 8 heteroatoms. The molecule has 0 fully saturated rings. The van der Waals surface area contributed by atoms with E-state index in [4.69, 9.17) is 23.2 Å². The maximum absolute atomic E-state index is 12.6. The lowest BCUT2D eigenvalue weighted by Crippen LogP contribution is -2.21. The molecule has 1 aliphatic heterocycles. The Morgan fingerprint density at radius 1 is 1.45 bits per heavy atom. The van der Waals surface area contributed by atoms with Crippen molar-refractivity contribution in [3.8, 4) is 6.07 Å². The van der Waals surface area contributed by atoms with Crippen molar-refractivity contribution in [3.63, 3.8) is 0 Å². The van der Waals surface area contributed by atoms with Crippen molar-refractivity contribution in [1.29, 1.82) is 5.26 Å². The van der Waals surface area contributed by atoms with Crippen LogP contribution in [-0.2, 0) is 7.05 Å². The summed E-state index contributed by atoms with van der Waals surface area (Å²) >= 11 is 13.3. The average Bonchev–Trinajstić information content (AvgIpc) is 2.97. The molecule has 0 spiro atoms. The molecule has 1 aromatic rings. The number of Topliss-reactive ketones (excluding diaryl/α,β-unsaturated/α-hetero) is 1. The maximum atomic E-state index is 12.6. The summed E-state index contributed by atoms with van der Waals surface area (Å²) < 4.78 is 1.30. The van der Waals surface area contributed by atoms with Crippen LogP contribution in [0.2, 0.25) is 10.3 Å². The second kappa shape index (κ2) is 5.99. The highest BCUT2D eigenvalue weighted by Gasteiger charge is 2.30. The summed E-state index contributed by atoms with van der Waals surface area (Å²) in [5, 5.41) is 18.9. The smallest absolute Gasteiger partial charge is 0.212 e. The summed E-state index contributed by atoms with van der Waals surface area (Å²) in [7, 11) is 1.58. The molecular weight excluding hydrogens is 343 g/mol. The number of rotatable bonds is 2. The Bertz CT molecular complexity index is 750. The van der Waals surface area contributed by atoms with Gasteiger partial charge in [-0.25, -0.2) is 0 Å². The van der Waals surface area contributed by atoms with Crippen LogP contribution in [0.3, 0.4) is 0 Å². The van der Waals surface area contributed by atoms with E-state index in [0.717, 1.165) is 5.70 Å². The normalized spacial score (nSPS) is 16.9. The van der Waals surface area contributed by atoms with Crippen LogP contribution in [0.25, 0.3) is 0 Å². The van der Waals surface area contributed by atoms with Crippen molar-refractivity contribution < 1.29 is 4.79 Å². The lowest BCUT2D eigenvalue weighted by molar-refractivity contribution is 0.103. The third kappa shape index (κ3) is 3.02. The molecule has 0 saturated carbocycles. The predicted octanol–water partition coefficient (Wildman–Crippen LogP) is 3.87. The van der Waals surface area contributed by atoms with E-state index >= 15 is 0 Å².